The molecule has 4 fully saturated rings. The van der Waals surface area contributed by atoms with E-state index in [4.69, 9.17) is 16.3 Å². The van der Waals surface area contributed by atoms with Crippen molar-refractivity contribution in [3.8, 4) is 0 Å². The van der Waals surface area contributed by atoms with Crippen LogP contribution in [0.2, 0.25) is 0 Å². The highest BCUT2D eigenvalue weighted by Crippen LogP contribution is 2.72. The lowest BCUT2D eigenvalue weighted by Gasteiger charge is -2.16. The predicted molar refractivity (Wildman–Crippen MR) is 43.8 cm³/mol. The topological polar surface area (TPSA) is 26.3 Å². The predicted octanol–water partition coefficient (Wildman–Crippen LogP) is 1.42. The van der Waals surface area contributed by atoms with Gasteiger partial charge in [-0.05, 0) is 18.3 Å². The lowest BCUT2D eigenvalue weighted by Crippen LogP contribution is -2.22. The number of alkyl halides is 1. The summed E-state index contributed by atoms with van der Waals surface area (Å²) in [5.41, 5.74) is 0. The first-order valence-corrected chi connectivity index (χ1v) is 4.95. The molecule has 2 unspecified atom stereocenters. The zero-order valence-corrected chi connectivity index (χ0v) is 7.62. The Kier molecular flexibility index (Phi) is 1.19. The third-order valence-electron chi connectivity index (χ3n) is 3.72. The van der Waals surface area contributed by atoms with Gasteiger partial charge in [0.1, 0.15) is 6.10 Å². The minimum absolute atomic E-state index is 0.151. The van der Waals surface area contributed by atoms with E-state index < -0.39 is 0 Å². The summed E-state index contributed by atoms with van der Waals surface area (Å²) in [5, 5.41) is 0.296. The molecule has 0 amide bonds. The van der Waals surface area contributed by atoms with E-state index in [9.17, 15) is 4.79 Å². The van der Waals surface area contributed by atoms with Gasteiger partial charge in [0.05, 0.1) is 0 Å². The average molecular weight is 187 g/mol. The highest BCUT2D eigenvalue weighted by molar-refractivity contribution is 6.21. The Balaban J connectivity index is 1.80. The van der Waals surface area contributed by atoms with E-state index in [1.54, 1.807) is 0 Å². The smallest absolute Gasteiger partial charge is 0.302 e. The molecule has 4 aliphatic rings. The second-order valence-electron chi connectivity index (χ2n) is 4.24. The second-order valence-corrected chi connectivity index (χ2v) is 4.74. The summed E-state index contributed by atoms with van der Waals surface area (Å²) in [6.07, 6.45) is 1.36. The fraction of sp³-hybridized carbons (Fsp3) is 0.889. The maximum Gasteiger partial charge on any atom is 0.302 e. The molecule has 2 nitrogen and oxygen atoms in total. The number of hydrogen-bond donors (Lipinski definition) is 0. The molecule has 0 spiro atoms. The zero-order chi connectivity index (χ0) is 8.46. The van der Waals surface area contributed by atoms with E-state index in [1.165, 1.54) is 13.3 Å². The van der Waals surface area contributed by atoms with E-state index >= 15 is 0 Å². The highest BCUT2D eigenvalue weighted by atomic mass is 35.5. The molecule has 0 N–H and O–H groups in total. The maximum atomic E-state index is 10.8. The summed E-state index contributed by atoms with van der Waals surface area (Å²) in [6, 6.07) is 0. The van der Waals surface area contributed by atoms with Gasteiger partial charge < -0.3 is 4.74 Å². The van der Waals surface area contributed by atoms with E-state index in [0.717, 1.165) is 5.92 Å². The van der Waals surface area contributed by atoms with Crippen molar-refractivity contribution in [2.24, 2.45) is 23.7 Å². The summed E-state index contributed by atoms with van der Waals surface area (Å²) < 4.78 is 5.27. The summed E-state index contributed by atoms with van der Waals surface area (Å²) in [5.74, 6) is 2.42. The lowest BCUT2D eigenvalue weighted by atomic mass is 10.1. The largest absolute Gasteiger partial charge is 0.462 e. The molecule has 0 radical (unpaired) electrons. The van der Waals surface area contributed by atoms with Crippen molar-refractivity contribution in [2.45, 2.75) is 24.8 Å². The number of ether oxygens (including phenoxy) is 1. The summed E-state index contributed by atoms with van der Waals surface area (Å²) in [6.45, 7) is 1.48. The van der Waals surface area contributed by atoms with Gasteiger partial charge in [0, 0.05) is 24.1 Å². The molecule has 3 heteroatoms. The lowest BCUT2D eigenvalue weighted by molar-refractivity contribution is -0.148. The van der Waals surface area contributed by atoms with Crippen molar-refractivity contribution in [2.75, 3.05) is 0 Å². The van der Waals surface area contributed by atoms with Crippen molar-refractivity contribution < 1.29 is 9.53 Å². The third-order valence-corrected chi connectivity index (χ3v) is 4.33. The van der Waals surface area contributed by atoms with Gasteiger partial charge in [0.15, 0.2) is 0 Å². The molecule has 4 bridgehead atoms. The molecule has 4 aliphatic carbocycles. The van der Waals surface area contributed by atoms with Crippen LogP contribution in [0, 0.1) is 23.7 Å². The summed E-state index contributed by atoms with van der Waals surface area (Å²) in [4.78, 5) is 10.8. The van der Waals surface area contributed by atoms with Crippen molar-refractivity contribution in [1.29, 1.82) is 0 Å². The van der Waals surface area contributed by atoms with E-state index in [1.807, 2.05) is 0 Å². The molecule has 12 heavy (non-hydrogen) atoms. The molecular weight excluding hydrogens is 176 g/mol. The van der Waals surface area contributed by atoms with Crippen LogP contribution in [-0.2, 0) is 9.53 Å². The Bertz CT molecular complexity index is 253. The molecule has 0 aliphatic heterocycles. The van der Waals surface area contributed by atoms with Crippen LogP contribution in [-0.4, -0.2) is 17.5 Å². The fourth-order valence-corrected chi connectivity index (χ4v) is 3.94. The maximum absolute atomic E-state index is 10.8. The molecule has 0 saturated heterocycles. The first-order chi connectivity index (χ1) is 5.70. The Morgan fingerprint density at radius 2 is 2.17 bits per heavy atom. The van der Waals surface area contributed by atoms with Gasteiger partial charge in [-0.25, -0.2) is 0 Å². The van der Waals surface area contributed by atoms with Crippen LogP contribution in [0.3, 0.4) is 0 Å². The van der Waals surface area contributed by atoms with Crippen LogP contribution >= 0.6 is 11.6 Å². The molecule has 66 valence electrons. The number of carbonyl (C=O) groups excluding carboxylic acids is 1. The number of carbonyl (C=O) groups is 1. The van der Waals surface area contributed by atoms with Crippen LogP contribution in [0.1, 0.15) is 13.3 Å². The second kappa shape index (κ2) is 1.98. The number of hydrogen-bond acceptors (Lipinski definition) is 2. The average Bonchev–Trinajstić information content (AvgIpc) is 2.34. The van der Waals surface area contributed by atoms with Gasteiger partial charge in [-0.1, -0.05) is 0 Å². The summed E-state index contributed by atoms with van der Waals surface area (Å²) in [7, 11) is 0. The molecule has 0 aromatic carbocycles. The number of rotatable bonds is 1. The van der Waals surface area contributed by atoms with Crippen molar-refractivity contribution in [3.63, 3.8) is 0 Å². The molecular formula is C9H11ClO2. The van der Waals surface area contributed by atoms with Crippen LogP contribution in [0.25, 0.3) is 0 Å². The van der Waals surface area contributed by atoms with Gasteiger partial charge >= 0.3 is 5.97 Å². The molecule has 6 atom stereocenters. The molecule has 4 saturated carbocycles. The quantitative estimate of drug-likeness (QED) is 0.458. The monoisotopic (exact) mass is 186 g/mol. The molecule has 4 rings (SSSR count). The third kappa shape index (κ3) is 0.657. The van der Waals surface area contributed by atoms with Gasteiger partial charge in [0.2, 0.25) is 0 Å². The molecule has 0 heterocycles. The van der Waals surface area contributed by atoms with Crippen molar-refractivity contribution in [3.05, 3.63) is 0 Å². The van der Waals surface area contributed by atoms with Gasteiger partial charge in [-0.15, -0.1) is 11.6 Å². The molecule has 0 aromatic rings. The SMILES string of the molecule is CC(=O)O[C@@H]1C2C3[C@H]2C[C@H]1[C@H]3Cl. The normalized spacial score (nSPS) is 58.8. The first kappa shape index (κ1) is 7.19. The van der Waals surface area contributed by atoms with E-state index in [0.29, 0.717) is 23.1 Å². The van der Waals surface area contributed by atoms with Crippen LogP contribution in [0.5, 0.6) is 0 Å². The highest BCUT2D eigenvalue weighted by Gasteiger charge is 2.74. The fourth-order valence-electron chi connectivity index (χ4n) is 3.34. The number of halogens is 1. The van der Waals surface area contributed by atoms with Crippen LogP contribution in [0.4, 0.5) is 0 Å². The van der Waals surface area contributed by atoms with Crippen LogP contribution < -0.4 is 0 Å². The summed E-state index contributed by atoms with van der Waals surface area (Å²) >= 11 is 6.18. The van der Waals surface area contributed by atoms with Gasteiger partial charge in [0.25, 0.3) is 0 Å². The van der Waals surface area contributed by atoms with Gasteiger partial charge in [-0.2, -0.15) is 0 Å². The van der Waals surface area contributed by atoms with Gasteiger partial charge in [-0.3, -0.25) is 4.79 Å². The minimum atomic E-state index is -0.151. The van der Waals surface area contributed by atoms with E-state index in [-0.39, 0.29) is 12.1 Å². The number of esters is 1. The zero-order valence-electron chi connectivity index (χ0n) is 6.87. The Hall–Kier alpha value is -0.240. The van der Waals surface area contributed by atoms with E-state index in [2.05, 4.69) is 0 Å². The Labute approximate surface area is 76.2 Å². The first-order valence-electron chi connectivity index (χ1n) is 4.51. The standard InChI is InChI=1S/C9H11ClO2/c1-3(11)12-9-5-2-4-6(7(4)9)8(5)10/h4-9H,2H2,1H3/t4-,5+,6?,7?,8-,9+/m1/s1. The molecule has 0 aromatic heterocycles. The Morgan fingerprint density at radius 1 is 1.42 bits per heavy atom. The van der Waals surface area contributed by atoms with Crippen molar-refractivity contribution in [1.82, 2.24) is 0 Å². The minimum Gasteiger partial charge on any atom is -0.462 e. The van der Waals surface area contributed by atoms with Crippen LogP contribution in [0.15, 0.2) is 0 Å². The Morgan fingerprint density at radius 3 is 2.50 bits per heavy atom. The van der Waals surface area contributed by atoms with Crippen molar-refractivity contribution >= 4 is 17.6 Å².